The summed E-state index contributed by atoms with van der Waals surface area (Å²) in [6.07, 6.45) is 8.58. The Balaban J connectivity index is 1.55. The fourth-order valence-corrected chi connectivity index (χ4v) is 3.52. The van der Waals surface area contributed by atoms with Crippen molar-refractivity contribution in [2.24, 2.45) is 11.8 Å². The Morgan fingerprint density at radius 2 is 2.00 bits per heavy atom. The number of amides is 1. The number of benzene rings is 1. The number of fused-ring (bicyclic) bond motifs is 2. The van der Waals surface area contributed by atoms with Crippen LogP contribution in [0.2, 0.25) is 5.02 Å². The van der Waals surface area contributed by atoms with Gasteiger partial charge in [-0.2, -0.15) is 0 Å². The highest BCUT2D eigenvalue weighted by Crippen LogP contribution is 2.44. The van der Waals surface area contributed by atoms with Crippen molar-refractivity contribution in [2.45, 2.75) is 31.7 Å². The molecule has 0 aliphatic heterocycles. The molecule has 0 saturated heterocycles. The van der Waals surface area contributed by atoms with Crippen LogP contribution in [-0.2, 0) is 4.79 Å². The second-order valence-electron chi connectivity index (χ2n) is 5.67. The first-order valence-electron chi connectivity index (χ1n) is 6.95. The van der Waals surface area contributed by atoms with E-state index in [2.05, 4.69) is 5.32 Å². The Kier molecular flexibility index (Phi) is 3.61. The number of hydrogen-bond acceptors (Lipinski definition) is 1. The minimum atomic E-state index is 0.0208. The number of halogens is 1. The van der Waals surface area contributed by atoms with Gasteiger partial charge < -0.3 is 5.32 Å². The summed E-state index contributed by atoms with van der Waals surface area (Å²) in [4.78, 5) is 11.9. The molecule has 2 bridgehead atoms. The molecule has 2 saturated carbocycles. The van der Waals surface area contributed by atoms with Gasteiger partial charge in [0.05, 0.1) is 0 Å². The second-order valence-corrected chi connectivity index (χ2v) is 6.11. The lowest BCUT2D eigenvalue weighted by molar-refractivity contribution is -0.117. The standard InChI is InChI=1S/C16H18ClNO/c17-14-6-2-11(3-7-14)4-8-16(19)18-15-10-12-1-5-13(15)9-12/h2-4,6-8,12-13,15H,1,5,9-10H2,(H,18,19)/b8-4+/t12-,13+,15-/m1/s1. The van der Waals surface area contributed by atoms with E-state index >= 15 is 0 Å². The lowest BCUT2D eigenvalue weighted by Crippen LogP contribution is -2.37. The number of rotatable bonds is 3. The average Bonchev–Trinajstić information content (AvgIpc) is 3.00. The van der Waals surface area contributed by atoms with Crippen molar-refractivity contribution in [1.29, 1.82) is 0 Å². The van der Waals surface area contributed by atoms with Crippen LogP contribution >= 0.6 is 11.6 Å². The Morgan fingerprint density at radius 3 is 2.63 bits per heavy atom. The Labute approximate surface area is 118 Å². The maximum absolute atomic E-state index is 11.9. The summed E-state index contributed by atoms with van der Waals surface area (Å²) in [5.74, 6) is 1.60. The topological polar surface area (TPSA) is 29.1 Å². The molecular weight excluding hydrogens is 258 g/mol. The van der Waals surface area contributed by atoms with E-state index in [1.165, 1.54) is 25.7 Å². The van der Waals surface area contributed by atoms with Gasteiger partial charge >= 0.3 is 0 Å². The van der Waals surface area contributed by atoms with Gasteiger partial charge in [-0.3, -0.25) is 4.79 Å². The third-order valence-electron chi connectivity index (χ3n) is 4.36. The van der Waals surface area contributed by atoms with E-state index in [0.29, 0.717) is 11.1 Å². The van der Waals surface area contributed by atoms with E-state index in [4.69, 9.17) is 11.6 Å². The van der Waals surface area contributed by atoms with Gasteiger partial charge in [0.2, 0.25) is 5.91 Å². The average molecular weight is 276 g/mol. The molecule has 0 radical (unpaired) electrons. The quantitative estimate of drug-likeness (QED) is 0.838. The Bertz CT molecular complexity index is 494. The predicted molar refractivity (Wildman–Crippen MR) is 77.9 cm³/mol. The molecule has 0 spiro atoms. The van der Waals surface area contributed by atoms with Crippen molar-refractivity contribution in [3.63, 3.8) is 0 Å². The van der Waals surface area contributed by atoms with Crippen LogP contribution in [0.3, 0.4) is 0 Å². The van der Waals surface area contributed by atoms with Crippen LogP contribution in [0.4, 0.5) is 0 Å². The van der Waals surface area contributed by atoms with Crippen LogP contribution in [0.15, 0.2) is 30.3 Å². The highest BCUT2D eigenvalue weighted by Gasteiger charge is 2.39. The molecule has 3 rings (SSSR count). The highest BCUT2D eigenvalue weighted by atomic mass is 35.5. The van der Waals surface area contributed by atoms with Gasteiger partial charge in [0.25, 0.3) is 0 Å². The lowest BCUT2D eigenvalue weighted by atomic mass is 9.95. The molecule has 2 aliphatic carbocycles. The van der Waals surface area contributed by atoms with Crippen LogP contribution < -0.4 is 5.32 Å². The van der Waals surface area contributed by atoms with Crippen LogP contribution in [0, 0.1) is 11.8 Å². The zero-order valence-electron chi connectivity index (χ0n) is 10.8. The van der Waals surface area contributed by atoms with E-state index < -0.39 is 0 Å². The van der Waals surface area contributed by atoms with Crippen LogP contribution in [-0.4, -0.2) is 11.9 Å². The molecule has 2 fully saturated rings. The molecule has 2 aliphatic rings. The van der Waals surface area contributed by atoms with Crippen molar-refractivity contribution < 1.29 is 4.79 Å². The van der Waals surface area contributed by atoms with Crippen molar-refractivity contribution in [1.82, 2.24) is 5.32 Å². The van der Waals surface area contributed by atoms with Gasteiger partial charge in [-0.05, 0) is 54.9 Å². The Hall–Kier alpha value is -1.28. The van der Waals surface area contributed by atoms with Crippen LogP contribution in [0.25, 0.3) is 6.08 Å². The van der Waals surface area contributed by atoms with Gasteiger partial charge in [0.1, 0.15) is 0 Å². The first-order chi connectivity index (χ1) is 9.20. The molecule has 100 valence electrons. The van der Waals surface area contributed by atoms with E-state index in [9.17, 15) is 4.79 Å². The second kappa shape index (κ2) is 5.38. The van der Waals surface area contributed by atoms with E-state index in [-0.39, 0.29) is 5.91 Å². The van der Waals surface area contributed by atoms with E-state index in [1.807, 2.05) is 30.3 Å². The highest BCUT2D eigenvalue weighted by molar-refractivity contribution is 6.30. The summed E-state index contributed by atoms with van der Waals surface area (Å²) in [6, 6.07) is 7.87. The first kappa shape index (κ1) is 12.7. The summed E-state index contributed by atoms with van der Waals surface area (Å²) in [6.45, 7) is 0. The molecule has 0 unspecified atom stereocenters. The van der Waals surface area contributed by atoms with Gasteiger partial charge in [0, 0.05) is 17.1 Å². The number of hydrogen-bond donors (Lipinski definition) is 1. The molecule has 1 aromatic rings. The molecule has 0 heterocycles. The van der Waals surface area contributed by atoms with Crippen molar-refractivity contribution >= 4 is 23.6 Å². The van der Waals surface area contributed by atoms with Gasteiger partial charge in [-0.1, -0.05) is 30.2 Å². The SMILES string of the molecule is O=C(/C=C/c1ccc(Cl)cc1)N[C@@H]1C[C@@H]2CC[C@H]1C2. The predicted octanol–water partition coefficient (Wildman–Crippen LogP) is 3.66. The molecule has 0 aromatic heterocycles. The maximum Gasteiger partial charge on any atom is 0.244 e. The smallest absolute Gasteiger partial charge is 0.244 e. The Morgan fingerprint density at radius 1 is 1.21 bits per heavy atom. The minimum Gasteiger partial charge on any atom is -0.350 e. The lowest BCUT2D eigenvalue weighted by Gasteiger charge is -2.22. The van der Waals surface area contributed by atoms with Crippen LogP contribution in [0.1, 0.15) is 31.2 Å². The molecule has 1 aromatic carbocycles. The number of nitrogens with one attached hydrogen (secondary N) is 1. The van der Waals surface area contributed by atoms with Gasteiger partial charge in [-0.15, -0.1) is 0 Å². The number of carbonyl (C=O) groups excluding carboxylic acids is 1. The van der Waals surface area contributed by atoms with Crippen molar-refractivity contribution in [3.05, 3.63) is 40.9 Å². The van der Waals surface area contributed by atoms with E-state index in [0.717, 1.165) is 17.4 Å². The monoisotopic (exact) mass is 275 g/mol. The maximum atomic E-state index is 11.9. The fraction of sp³-hybridized carbons (Fsp3) is 0.438. The molecule has 3 heteroatoms. The zero-order valence-corrected chi connectivity index (χ0v) is 11.6. The largest absolute Gasteiger partial charge is 0.350 e. The zero-order chi connectivity index (χ0) is 13.2. The molecule has 1 amide bonds. The summed E-state index contributed by atoms with van der Waals surface area (Å²) >= 11 is 5.82. The fourth-order valence-electron chi connectivity index (χ4n) is 3.40. The van der Waals surface area contributed by atoms with Crippen LogP contribution in [0.5, 0.6) is 0 Å². The third kappa shape index (κ3) is 3.01. The summed E-state index contributed by atoms with van der Waals surface area (Å²) < 4.78 is 0. The third-order valence-corrected chi connectivity index (χ3v) is 4.61. The normalized spacial score (nSPS) is 29.0. The first-order valence-corrected chi connectivity index (χ1v) is 7.32. The van der Waals surface area contributed by atoms with Gasteiger partial charge in [0.15, 0.2) is 0 Å². The molecule has 1 N–H and O–H groups in total. The molecule has 19 heavy (non-hydrogen) atoms. The van der Waals surface area contributed by atoms with Crippen molar-refractivity contribution in [2.75, 3.05) is 0 Å². The number of carbonyl (C=O) groups is 1. The van der Waals surface area contributed by atoms with Gasteiger partial charge in [-0.25, -0.2) is 0 Å². The molecule has 2 nitrogen and oxygen atoms in total. The molecule has 3 atom stereocenters. The summed E-state index contributed by atoms with van der Waals surface area (Å²) in [7, 11) is 0. The van der Waals surface area contributed by atoms with Crippen molar-refractivity contribution in [3.8, 4) is 0 Å². The van der Waals surface area contributed by atoms with E-state index in [1.54, 1.807) is 6.08 Å². The minimum absolute atomic E-state index is 0.0208. The summed E-state index contributed by atoms with van der Waals surface area (Å²) in [5, 5.41) is 3.85. The molecular formula is C16H18ClNO. The summed E-state index contributed by atoms with van der Waals surface area (Å²) in [5.41, 5.74) is 0.993.